The third kappa shape index (κ3) is 4.44. The predicted octanol–water partition coefficient (Wildman–Crippen LogP) is 2.76. The van der Waals surface area contributed by atoms with Crippen molar-refractivity contribution in [2.75, 3.05) is 26.0 Å². The van der Waals surface area contributed by atoms with Crippen molar-refractivity contribution < 1.29 is 13.2 Å². The van der Waals surface area contributed by atoms with Crippen LogP contribution < -0.4 is 10.6 Å². The molecule has 3 atom stereocenters. The zero-order chi connectivity index (χ0) is 19.8. The molecule has 0 radical (unpaired) electrons. The third-order valence-electron chi connectivity index (χ3n) is 6.69. The quantitative estimate of drug-likeness (QED) is 0.334. The first-order chi connectivity index (χ1) is 13.4. The topological polar surface area (TPSA) is 79.8 Å². The molecule has 2 saturated carbocycles. The first kappa shape index (κ1) is 22.8. The van der Waals surface area contributed by atoms with E-state index in [0.717, 1.165) is 37.5 Å². The van der Waals surface area contributed by atoms with Crippen molar-refractivity contribution in [3.63, 3.8) is 0 Å². The molecule has 3 aliphatic rings. The van der Waals surface area contributed by atoms with Gasteiger partial charge < -0.3 is 15.4 Å². The Morgan fingerprint density at radius 2 is 2.00 bits per heavy atom. The highest BCUT2D eigenvalue weighted by Gasteiger charge is 2.66. The fourth-order valence-corrected chi connectivity index (χ4v) is 5.75. The van der Waals surface area contributed by atoms with Gasteiger partial charge in [0, 0.05) is 43.3 Å². The van der Waals surface area contributed by atoms with Crippen molar-refractivity contribution >= 4 is 39.8 Å². The second-order valence-corrected chi connectivity index (χ2v) is 10.4. The normalized spacial score (nSPS) is 27.4. The lowest BCUT2D eigenvalue weighted by Gasteiger charge is -2.63. The lowest BCUT2D eigenvalue weighted by atomic mass is 9.46. The molecule has 29 heavy (non-hydrogen) atoms. The van der Waals surface area contributed by atoms with E-state index in [1.165, 1.54) is 25.5 Å². The number of aliphatic imine (C=N–C) groups is 1. The number of fused-ring (bicyclic) bond motifs is 2. The van der Waals surface area contributed by atoms with Gasteiger partial charge in [0.15, 0.2) is 15.8 Å². The van der Waals surface area contributed by atoms with E-state index in [-0.39, 0.29) is 24.0 Å². The Kier molecular flexibility index (Phi) is 7.15. The number of hydrogen-bond acceptors (Lipinski definition) is 4. The number of nitrogens with zero attached hydrogens (tertiary/aromatic N) is 1. The smallest absolute Gasteiger partial charge is 0.191 e. The number of ether oxygens (including phenoxy) is 1. The van der Waals surface area contributed by atoms with Crippen LogP contribution in [0.2, 0.25) is 0 Å². The highest BCUT2D eigenvalue weighted by atomic mass is 127. The molecule has 1 aromatic rings. The molecule has 8 heteroatoms. The SMILES string of the molecule is CCNC(=NCCc1ccc(S(C)(=O)=O)cc1)NC1C2CCOC2C12CCC2.I. The van der Waals surface area contributed by atoms with Gasteiger partial charge >= 0.3 is 0 Å². The van der Waals surface area contributed by atoms with Crippen LogP contribution in [0.15, 0.2) is 34.2 Å². The van der Waals surface area contributed by atoms with Gasteiger partial charge in [0.2, 0.25) is 0 Å². The Balaban J connectivity index is 0.00000240. The van der Waals surface area contributed by atoms with Crippen LogP contribution in [0.4, 0.5) is 0 Å². The first-order valence-corrected chi connectivity index (χ1v) is 12.3. The Morgan fingerprint density at radius 1 is 1.28 bits per heavy atom. The molecular weight excluding hydrogens is 501 g/mol. The largest absolute Gasteiger partial charge is 0.377 e. The third-order valence-corrected chi connectivity index (χ3v) is 7.82. The number of benzene rings is 1. The fraction of sp³-hybridized carbons (Fsp3) is 0.667. The summed E-state index contributed by atoms with van der Waals surface area (Å²) >= 11 is 0. The number of nitrogens with one attached hydrogen (secondary N) is 2. The Bertz CT molecular complexity index is 837. The molecule has 1 aliphatic heterocycles. The van der Waals surface area contributed by atoms with E-state index in [1.54, 1.807) is 12.1 Å². The average Bonchev–Trinajstić information content (AvgIpc) is 3.03. The van der Waals surface area contributed by atoms with Crippen LogP contribution in [0.25, 0.3) is 0 Å². The van der Waals surface area contributed by atoms with E-state index in [4.69, 9.17) is 9.73 Å². The van der Waals surface area contributed by atoms with Crippen LogP contribution >= 0.6 is 24.0 Å². The van der Waals surface area contributed by atoms with E-state index in [0.29, 0.717) is 34.9 Å². The number of hydrogen-bond donors (Lipinski definition) is 2. The molecule has 3 unspecified atom stereocenters. The van der Waals surface area contributed by atoms with Gasteiger partial charge in [-0.15, -0.1) is 24.0 Å². The molecule has 162 valence electrons. The Hall–Kier alpha value is -0.870. The molecule has 0 amide bonds. The molecule has 0 bridgehead atoms. The van der Waals surface area contributed by atoms with Crippen molar-refractivity contribution in [1.82, 2.24) is 10.6 Å². The van der Waals surface area contributed by atoms with Crippen LogP contribution in [0.5, 0.6) is 0 Å². The Labute approximate surface area is 191 Å². The summed E-state index contributed by atoms with van der Waals surface area (Å²) in [5.41, 5.74) is 1.43. The van der Waals surface area contributed by atoms with Gasteiger partial charge in [-0.1, -0.05) is 18.6 Å². The summed E-state index contributed by atoms with van der Waals surface area (Å²) in [5.74, 6) is 1.50. The van der Waals surface area contributed by atoms with Gasteiger partial charge in [-0.25, -0.2) is 8.42 Å². The summed E-state index contributed by atoms with van der Waals surface area (Å²) in [4.78, 5) is 5.14. The second kappa shape index (κ2) is 9.09. The molecule has 4 rings (SSSR count). The molecule has 2 N–H and O–H groups in total. The van der Waals surface area contributed by atoms with Crippen LogP contribution in [-0.4, -0.2) is 52.5 Å². The molecule has 1 aromatic carbocycles. The highest BCUT2D eigenvalue weighted by molar-refractivity contribution is 14.0. The van der Waals surface area contributed by atoms with Gasteiger partial charge in [-0.05, 0) is 50.3 Å². The summed E-state index contributed by atoms with van der Waals surface area (Å²) in [5, 5.41) is 7.10. The lowest BCUT2D eigenvalue weighted by molar-refractivity contribution is -0.171. The zero-order valence-electron chi connectivity index (χ0n) is 17.2. The zero-order valence-corrected chi connectivity index (χ0v) is 20.3. The minimum atomic E-state index is -3.14. The summed E-state index contributed by atoms with van der Waals surface area (Å²) < 4.78 is 29.2. The minimum Gasteiger partial charge on any atom is -0.377 e. The molecule has 2 aliphatic carbocycles. The minimum absolute atomic E-state index is 0. The predicted molar refractivity (Wildman–Crippen MR) is 126 cm³/mol. The molecule has 3 fully saturated rings. The number of rotatable bonds is 6. The number of guanidine groups is 1. The molecule has 1 saturated heterocycles. The summed E-state index contributed by atoms with van der Waals surface area (Å²) in [6.45, 7) is 4.48. The van der Waals surface area contributed by atoms with Crippen LogP contribution in [-0.2, 0) is 21.0 Å². The number of halogens is 1. The average molecular weight is 533 g/mol. The maximum atomic E-state index is 11.6. The van der Waals surface area contributed by atoms with Crippen molar-refractivity contribution in [2.24, 2.45) is 16.3 Å². The standard InChI is InChI=1S/C21H31N3O3S.HI/c1-3-22-20(23-13-9-15-5-7-16(8-6-15)28(2,25)26)24-18-17-10-14-27-19(17)21(18)11-4-12-21;/h5-8,17-19H,3-4,9-14H2,1-2H3,(H2,22,23,24);1H. The van der Waals surface area contributed by atoms with Gasteiger partial charge in [-0.3, -0.25) is 4.99 Å². The van der Waals surface area contributed by atoms with Crippen LogP contribution in [0.1, 0.15) is 38.2 Å². The maximum absolute atomic E-state index is 11.6. The van der Waals surface area contributed by atoms with Crippen molar-refractivity contribution in [1.29, 1.82) is 0 Å². The van der Waals surface area contributed by atoms with E-state index in [9.17, 15) is 8.42 Å². The van der Waals surface area contributed by atoms with E-state index >= 15 is 0 Å². The maximum Gasteiger partial charge on any atom is 0.191 e. The van der Waals surface area contributed by atoms with E-state index < -0.39 is 9.84 Å². The summed E-state index contributed by atoms with van der Waals surface area (Å²) in [6.07, 6.45) is 7.45. The monoisotopic (exact) mass is 533 g/mol. The van der Waals surface area contributed by atoms with E-state index in [1.807, 2.05) is 12.1 Å². The molecule has 1 spiro atoms. The van der Waals surface area contributed by atoms with Gasteiger partial charge in [0.1, 0.15) is 0 Å². The lowest BCUT2D eigenvalue weighted by Crippen LogP contribution is -2.72. The first-order valence-electron chi connectivity index (χ1n) is 10.4. The van der Waals surface area contributed by atoms with Crippen LogP contribution in [0, 0.1) is 11.3 Å². The van der Waals surface area contributed by atoms with Gasteiger partial charge in [0.05, 0.1) is 11.0 Å². The molecule has 0 aromatic heterocycles. The molecule has 6 nitrogen and oxygen atoms in total. The van der Waals surface area contributed by atoms with E-state index in [2.05, 4.69) is 17.6 Å². The Morgan fingerprint density at radius 3 is 2.59 bits per heavy atom. The summed E-state index contributed by atoms with van der Waals surface area (Å²) in [7, 11) is -3.14. The molecule has 1 heterocycles. The van der Waals surface area contributed by atoms with Crippen molar-refractivity contribution in [3.8, 4) is 0 Å². The van der Waals surface area contributed by atoms with Crippen LogP contribution in [0.3, 0.4) is 0 Å². The highest BCUT2D eigenvalue weighted by Crippen LogP contribution is 2.62. The van der Waals surface area contributed by atoms with Gasteiger partial charge in [-0.2, -0.15) is 0 Å². The summed E-state index contributed by atoms with van der Waals surface area (Å²) in [6, 6.07) is 7.57. The number of sulfone groups is 1. The van der Waals surface area contributed by atoms with Crippen molar-refractivity contribution in [3.05, 3.63) is 29.8 Å². The van der Waals surface area contributed by atoms with Crippen molar-refractivity contribution in [2.45, 2.75) is 56.1 Å². The fourth-order valence-electron chi connectivity index (χ4n) is 5.12. The molecular formula is C21H32IN3O3S. The van der Waals surface area contributed by atoms with Gasteiger partial charge in [0.25, 0.3) is 0 Å². The second-order valence-electron chi connectivity index (χ2n) is 8.38.